The fourth-order valence-corrected chi connectivity index (χ4v) is 2.72. The van der Waals surface area contributed by atoms with E-state index >= 15 is 0 Å². The molecule has 3 rings (SSSR count). The first-order chi connectivity index (χ1) is 6.38. The van der Waals surface area contributed by atoms with Crippen molar-refractivity contribution in [3.8, 4) is 0 Å². The lowest BCUT2D eigenvalue weighted by Gasteiger charge is -2.11. The van der Waals surface area contributed by atoms with Gasteiger partial charge in [0.2, 0.25) is 0 Å². The Labute approximate surface area is 94.1 Å². The summed E-state index contributed by atoms with van der Waals surface area (Å²) in [5.74, 6) is 0.962. The molecule has 1 aliphatic heterocycles. The Morgan fingerprint density at radius 3 is 2.64 bits per heavy atom. The Balaban J connectivity index is 0.000000750. The number of aliphatic hydroxyl groups is 1. The van der Waals surface area contributed by atoms with Gasteiger partial charge >= 0.3 is 0 Å². The minimum absolute atomic E-state index is 0. The third kappa shape index (κ3) is 1.23. The molecule has 3 heteroatoms. The molecule has 0 radical (unpaired) electrons. The Hall–Kier alpha value is -0.380. The summed E-state index contributed by atoms with van der Waals surface area (Å²) in [6.07, 6.45) is -0.240. The van der Waals surface area contributed by atoms with E-state index in [0.717, 1.165) is 18.7 Å². The zero-order valence-corrected chi connectivity index (χ0v) is 9.52. The van der Waals surface area contributed by atoms with Crippen LogP contribution in [0.4, 0.5) is 0 Å². The molecule has 76 valence electrons. The van der Waals surface area contributed by atoms with Gasteiger partial charge in [-0.25, -0.2) is 0 Å². The van der Waals surface area contributed by atoms with Crippen molar-refractivity contribution in [2.75, 3.05) is 13.1 Å². The van der Waals surface area contributed by atoms with Crippen molar-refractivity contribution in [1.82, 2.24) is 5.32 Å². The van der Waals surface area contributed by atoms with Crippen LogP contribution in [-0.2, 0) is 0 Å². The molecule has 3 atom stereocenters. The average molecular weight is 256 g/mol. The summed E-state index contributed by atoms with van der Waals surface area (Å²) in [6, 6.07) is 8.28. The smallest absolute Gasteiger partial charge is 0.0839 e. The predicted octanol–water partition coefficient (Wildman–Crippen LogP) is 1.61. The molecule has 14 heavy (non-hydrogen) atoms. The highest BCUT2D eigenvalue weighted by atomic mass is 79.9. The molecule has 1 aromatic carbocycles. The van der Waals surface area contributed by atoms with Gasteiger partial charge < -0.3 is 10.4 Å². The summed E-state index contributed by atoms with van der Waals surface area (Å²) in [6.45, 7) is 1.99. The van der Waals surface area contributed by atoms with Crippen molar-refractivity contribution in [2.45, 2.75) is 12.0 Å². The number of fused-ring (bicyclic) bond motifs is 3. The number of benzene rings is 1. The monoisotopic (exact) mass is 255 g/mol. The van der Waals surface area contributed by atoms with Crippen LogP contribution < -0.4 is 5.32 Å². The van der Waals surface area contributed by atoms with Gasteiger partial charge in [-0.2, -0.15) is 0 Å². The largest absolute Gasteiger partial charge is 0.388 e. The van der Waals surface area contributed by atoms with E-state index in [2.05, 4.69) is 23.5 Å². The van der Waals surface area contributed by atoms with E-state index in [1.54, 1.807) is 0 Å². The van der Waals surface area contributed by atoms with Gasteiger partial charge in [-0.05, 0) is 11.1 Å². The fourth-order valence-electron chi connectivity index (χ4n) is 2.72. The lowest BCUT2D eigenvalue weighted by atomic mass is 9.96. The van der Waals surface area contributed by atoms with E-state index in [9.17, 15) is 5.11 Å². The molecular weight excluding hydrogens is 242 g/mol. The minimum Gasteiger partial charge on any atom is -0.388 e. The third-order valence-corrected chi connectivity index (χ3v) is 3.38. The van der Waals surface area contributed by atoms with E-state index in [4.69, 9.17) is 0 Å². The maximum Gasteiger partial charge on any atom is 0.0839 e. The van der Waals surface area contributed by atoms with Crippen LogP contribution >= 0.6 is 17.0 Å². The van der Waals surface area contributed by atoms with Crippen LogP contribution in [0.5, 0.6) is 0 Å². The van der Waals surface area contributed by atoms with Crippen LogP contribution in [0.15, 0.2) is 24.3 Å². The van der Waals surface area contributed by atoms with Gasteiger partial charge in [0, 0.05) is 24.9 Å². The normalized spacial score (nSPS) is 33.4. The maximum absolute atomic E-state index is 10.0. The van der Waals surface area contributed by atoms with Gasteiger partial charge in [-0.3, -0.25) is 0 Å². The second kappa shape index (κ2) is 3.65. The highest BCUT2D eigenvalue weighted by Crippen LogP contribution is 2.46. The first-order valence-electron chi connectivity index (χ1n) is 4.85. The van der Waals surface area contributed by atoms with Gasteiger partial charge in [0.1, 0.15) is 0 Å². The van der Waals surface area contributed by atoms with Crippen LogP contribution in [0, 0.1) is 5.92 Å². The van der Waals surface area contributed by atoms with Gasteiger partial charge in [-0.1, -0.05) is 24.3 Å². The van der Waals surface area contributed by atoms with E-state index in [0.29, 0.717) is 11.8 Å². The van der Waals surface area contributed by atoms with Gasteiger partial charge in [0.15, 0.2) is 0 Å². The number of aliphatic hydroxyl groups excluding tert-OH is 1. The molecule has 0 spiro atoms. The predicted molar refractivity (Wildman–Crippen MR) is 60.8 cm³/mol. The molecule has 0 aromatic heterocycles. The minimum atomic E-state index is -0.240. The second-order valence-corrected chi connectivity index (χ2v) is 4.00. The Morgan fingerprint density at radius 1 is 1.14 bits per heavy atom. The summed E-state index contributed by atoms with van der Waals surface area (Å²) >= 11 is 0. The molecule has 1 fully saturated rings. The van der Waals surface area contributed by atoms with Crippen molar-refractivity contribution in [1.29, 1.82) is 0 Å². The highest BCUT2D eigenvalue weighted by Gasteiger charge is 2.41. The van der Waals surface area contributed by atoms with E-state index in [1.165, 1.54) is 5.56 Å². The van der Waals surface area contributed by atoms with E-state index in [1.807, 2.05) is 6.07 Å². The summed E-state index contributed by atoms with van der Waals surface area (Å²) in [4.78, 5) is 0. The van der Waals surface area contributed by atoms with Gasteiger partial charge in [-0.15, -0.1) is 17.0 Å². The Kier molecular flexibility index (Phi) is 2.64. The molecule has 0 saturated carbocycles. The van der Waals surface area contributed by atoms with Crippen molar-refractivity contribution >= 4 is 17.0 Å². The number of nitrogens with one attached hydrogen (secondary N) is 1. The second-order valence-electron chi connectivity index (χ2n) is 4.00. The number of halogens is 1. The molecule has 2 nitrogen and oxygen atoms in total. The summed E-state index contributed by atoms with van der Waals surface area (Å²) in [5.41, 5.74) is 2.50. The zero-order chi connectivity index (χ0) is 8.84. The zero-order valence-electron chi connectivity index (χ0n) is 7.81. The Morgan fingerprint density at radius 2 is 1.86 bits per heavy atom. The fraction of sp³-hybridized carbons (Fsp3) is 0.455. The van der Waals surface area contributed by atoms with E-state index in [-0.39, 0.29) is 23.1 Å². The van der Waals surface area contributed by atoms with Crippen LogP contribution in [0.25, 0.3) is 0 Å². The molecule has 3 unspecified atom stereocenters. The molecule has 1 aromatic rings. The van der Waals surface area contributed by atoms with Crippen LogP contribution in [0.3, 0.4) is 0 Å². The maximum atomic E-state index is 10.0. The highest BCUT2D eigenvalue weighted by molar-refractivity contribution is 8.93. The standard InChI is InChI=1S/C11H13NO.BrH/c13-11-8-4-2-1-3-7(8)9-5-12-6-10(9)11;/h1-4,9-13H,5-6H2;1H. The molecule has 0 amide bonds. The molecular formula is C11H14BrNO. The molecule has 2 aliphatic rings. The van der Waals surface area contributed by atoms with Crippen LogP contribution in [-0.4, -0.2) is 18.2 Å². The lowest BCUT2D eigenvalue weighted by molar-refractivity contribution is 0.126. The molecule has 1 aliphatic carbocycles. The Bertz CT molecular complexity index is 342. The first-order valence-corrected chi connectivity index (χ1v) is 4.85. The SMILES string of the molecule is Br.OC1c2ccccc2C2CNCC12. The summed E-state index contributed by atoms with van der Waals surface area (Å²) < 4.78 is 0. The van der Waals surface area contributed by atoms with Crippen molar-refractivity contribution in [3.05, 3.63) is 35.4 Å². The van der Waals surface area contributed by atoms with E-state index < -0.39 is 0 Å². The molecule has 1 saturated heterocycles. The quantitative estimate of drug-likeness (QED) is 0.739. The van der Waals surface area contributed by atoms with Gasteiger partial charge in [0.05, 0.1) is 6.10 Å². The number of hydrogen-bond acceptors (Lipinski definition) is 2. The number of rotatable bonds is 0. The average Bonchev–Trinajstić information content (AvgIpc) is 2.72. The van der Waals surface area contributed by atoms with Crippen molar-refractivity contribution in [3.63, 3.8) is 0 Å². The number of hydrogen-bond donors (Lipinski definition) is 2. The third-order valence-electron chi connectivity index (χ3n) is 3.38. The molecule has 0 bridgehead atoms. The topological polar surface area (TPSA) is 32.3 Å². The molecule has 2 N–H and O–H groups in total. The summed E-state index contributed by atoms with van der Waals surface area (Å²) in [7, 11) is 0. The van der Waals surface area contributed by atoms with Crippen molar-refractivity contribution in [2.24, 2.45) is 5.92 Å². The summed E-state index contributed by atoms with van der Waals surface area (Å²) in [5, 5.41) is 13.3. The van der Waals surface area contributed by atoms with Crippen LogP contribution in [0.1, 0.15) is 23.1 Å². The van der Waals surface area contributed by atoms with Gasteiger partial charge in [0.25, 0.3) is 0 Å². The lowest BCUT2D eigenvalue weighted by Crippen LogP contribution is -2.14. The van der Waals surface area contributed by atoms with Crippen molar-refractivity contribution < 1.29 is 5.11 Å². The van der Waals surface area contributed by atoms with Crippen LogP contribution in [0.2, 0.25) is 0 Å². The molecule has 1 heterocycles. The first kappa shape index (κ1) is 10.1.